The maximum atomic E-state index is 12.2. The Hall–Kier alpha value is -0.840. The Bertz CT molecular complexity index is 548. The predicted octanol–water partition coefficient (Wildman–Crippen LogP) is 0.398. The van der Waals surface area contributed by atoms with E-state index in [4.69, 9.17) is 0 Å². The second kappa shape index (κ2) is 5.87. The lowest BCUT2D eigenvalue weighted by Gasteiger charge is -2.08. The third-order valence-electron chi connectivity index (χ3n) is 1.76. The molecule has 0 saturated heterocycles. The molecule has 10 heteroatoms. The first kappa shape index (κ1) is 15.2. The number of hydrogen-bond acceptors (Lipinski definition) is 6. The smallest absolute Gasteiger partial charge is 0.265 e. The van der Waals surface area contributed by atoms with Gasteiger partial charge in [-0.1, -0.05) is 6.08 Å². The molecule has 18 heavy (non-hydrogen) atoms. The van der Waals surface area contributed by atoms with Gasteiger partial charge in [0.2, 0.25) is 5.50 Å². The van der Waals surface area contributed by atoms with Crippen molar-refractivity contribution in [3.63, 3.8) is 0 Å². The summed E-state index contributed by atoms with van der Waals surface area (Å²) in [7, 11) is -7.49. The summed E-state index contributed by atoms with van der Waals surface area (Å²) >= 11 is 0. The number of halogens is 2. The van der Waals surface area contributed by atoms with E-state index in [-0.39, 0.29) is 13.2 Å². The van der Waals surface area contributed by atoms with Crippen LogP contribution in [0.25, 0.3) is 0 Å². The SMILES string of the molecule is O=S1(=O)CC(F)=CCO1.O=S1(=O)OCC=CC1F. The molecule has 0 aromatic heterocycles. The summed E-state index contributed by atoms with van der Waals surface area (Å²) in [6.07, 6.45) is 3.38. The van der Waals surface area contributed by atoms with Crippen molar-refractivity contribution < 1.29 is 34.0 Å². The summed E-state index contributed by atoms with van der Waals surface area (Å²) in [5.41, 5.74) is -1.98. The molecule has 0 aromatic rings. The normalized spacial score (nSPS) is 28.8. The lowest BCUT2D eigenvalue weighted by atomic mass is 10.5. The van der Waals surface area contributed by atoms with E-state index in [9.17, 15) is 25.6 Å². The molecule has 0 aromatic carbocycles. The van der Waals surface area contributed by atoms with Crippen molar-refractivity contribution in [2.45, 2.75) is 5.50 Å². The molecular weight excluding hydrogens is 294 g/mol. The summed E-state index contributed by atoms with van der Waals surface area (Å²) < 4.78 is 73.9. The molecular formula is C8H10F2O6S2. The molecule has 0 amide bonds. The van der Waals surface area contributed by atoms with Crippen LogP contribution in [0, 0.1) is 0 Å². The Balaban J connectivity index is 0.000000180. The van der Waals surface area contributed by atoms with E-state index in [1.165, 1.54) is 6.08 Å². The minimum absolute atomic E-state index is 0.0528. The first-order valence-corrected chi connectivity index (χ1v) is 7.68. The summed E-state index contributed by atoms with van der Waals surface area (Å²) in [5, 5.41) is 0. The average Bonchev–Trinajstić information content (AvgIpc) is 2.21. The van der Waals surface area contributed by atoms with Crippen LogP contribution >= 0.6 is 0 Å². The number of hydrogen-bond donors (Lipinski definition) is 0. The first-order chi connectivity index (χ1) is 8.23. The molecule has 0 fully saturated rings. The monoisotopic (exact) mass is 304 g/mol. The fourth-order valence-corrected chi connectivity index (χ4v) is 2.47. The van der Waals surface area contributed by atoms with Crippen molar-refractivity contribution >= 4 is 20.2 Å². The Morgan fingerprint density at radius 3 is 2.17 bits per heavy atom. The Labute approximate surface area is 103 Å². The van der Waals surface area contributed by atoms with E-state index in [2.05, 4.69) is 8.37 Å². The van der Waals surface area contributed by atoms with E-state index in [0.717, 1.165) is 12.2 Å². The molecule has 2 heterocycles. The Kier molecular flexibility index (Phi) is 4.96. The van der Waals surface area contributed by atoms with Gasteiger partial charge in [-0.15, -0.1) is 0 Å². The lowest BCUT2D eigenvalue weighted by molar-refractivity contribution is 0.315. The van der Waals surface area contributed by atoms with Gasteiger partial charge in [0.15, 0.2) is 0 Å². The molecule has 2 rings (SSSR count). The zero-order chi connectivity index (χ0) is 13.8. The molecule has 0 saturated carbocycles. The fraction of sp³-hybridized carbons (Fsp3) is 0.500. The molecule has 0 aliphatic carbocycles. The van der Waals surface area contributed by atoms with Crippen molar-refractivity contribution in [3.8, 4) is 0 Å². The van der Waals surface area contributed by atoms with Crippen LogP contribution in [0.1, 0.15) is 0 Å². The van der Waals surface area contributed by atoms with E-state index >= 15 is 0 Å². The maximum Gasteiger partial charge on any atom is 0.304 e. The van der Waals surface area contributed by atoms with Crippen LogP contribution in [-0.4, -0.2) is 41.3 Å². The van der Waals surface area contributed by atoms with Gasteiger partial charge in [0.05, 0.1) is 13.2 Å². The van der Waals surface area contributed by atoms with Crippen LogP contribution in [0.2, 0.25) is 0 Å². The van der Waals surface area contributed by atoms with Crippen molar-refractivity contribution in [2.24, 2.45) is 0 Å². The van der Waals surface area contributed by atoms with Crippen molar-refractivity contribution in [1.29, 1.82) is 0 Å². The van der Waals surface area contributed by atoms with E-state index < -0.39 is 37.3 Å². The van der Waals surface area contributed by atoms with E-state index in [0.29, 0.717) is 0 Å². The average molecular weight is 304 g/mol. The second-order valence-electron chi connectivity index (χ2n) is 3.19. The van der Waals surface area contributed by atoms with Gasteiger partial charge in [0.1, 0.15) is 11.6 Å². The van der Waals surface area contributed by atoms with Crippen LogP contribution in [0.15, 0.2) is 24.1 Å². The van der Waals surface area contributed by atoms with Gasteiger partial charge in [-0.3, -0.25) is 8.37 Å². The Morgan fingerprint density at radius 2 is 1.83 bits per heavy atom. The molecule has 0 radical (unpaired) electrons. The van der Waals surface area contributed by atoms with Crippen LogP contribution < -0.4 is 0 Å². The standard InChI is InChI=1S/2C4H5FO3S/c5-4-1-2-8-9(6,7)3-4;5-4-2-1-3-8-9(4,6)7/h1H,2-3H2;1-2,4H,3H2. The summed E-state index contributed by atoms with van der Waals surface area (Å²) in [6, 6.07) is 0. The highest BCUT2D eigenvalue weighted by Gasteiger charge is 2.25. The molecule has 2 aliphatic rings. The maximum absolute atomic E-state index is 12.2. The molecule has 104 valence electrons. The summed E-state index contributed by atoms with van der Waals surface area (Å²) in [6.45, 7) is -0.225. The van der Waals surface area contributed by atoms with Gasteiger partial charge < -0.3 is 0 Å². The zero-order valence-electron chi connectivity index (χ0n) is 8.95. The minimum atomic E-state index is -3.91. The van der Waals surface area contributed by atoms with Crippen LogP contribution in [0.5, 0.6) is 0 Å². The van der Waals surface area contributed by atoms with Gasteiger partial charge in [0.25, 0.3) is 10.1 Å². The van der Waals surface area contributed by atoms with Crippen molar-refractivity contribution in [1.82, 2.24) is 0 Å². The van der Waals surface area contributed by atoms with E-state index in [1.54, 1.807) is 0 Å². The number of alkyl halides is 1. The molecule has 1 unspecified atom stereocenters. The third-order valence-corrected chi connectivity index (χ3v) is 4.06. The highest BCUT2D eigenvalue weighted by molar-refractivity contribution is 7.87. The third kappa shape index (κ3) is 4.80. The molecule has 6 nitrogen and oxygen atoms in total. The zero-order valence-corrected chi connectivity index (χ0v) is 10.6. The van der Waals surface area contributed by atoms with Gasteiger partial charge in [-0.25, -0.2) is 8.78 Å². The lowest BCUT2D eigenvalue weighted by Crippen LogP contribution is -2.20. The molecule has 0 bridgehead atoms. The van der Waals surface area contributed by atoms with Crippen LogP contribution in [0.4, 0.5) is 8.78 Å². The molecule has 1 atom stereocenters. The fourth-order valence-electron chi connectivity index (χ4n) is 0.955. The predicted molar refractivity (Wildman–Crippen MR) is 57.8 cm³/mol. The van der Waals surface area contributed by atoms with Crippen LogP contribution in [-0.2, 0) is 28.6 Å². The van der Waals surface area contributed by atoms with Crippen molar-refractivity contribution in [2.75, 3.05) is 19.0 Å². The highest BCUT2D eigenvalue weighted by atomic mass is 32.2. The Morgan fingerprint density at radius 1 is 1.17 bits per heavy atom. The van der Waals surface area contributed by atoms with Gasteiger partial charge in [0, 0.05) is 0 Å². The van der Waals surface area contributed by atoms with Crippen LogP contribution in [0.3, 0.4) is 0 Å². The number of rotatable bonds is 0. The highest BCUT2D eigenvalue weighted by Crippen LogP contribution is 2.11. The first-order valence-electron chi connectivity index (χ1n) is 4.63. The minimum Gasteiger partial charge on any atom is -0.265 e. The largest absolute Gasteiger partial charge is 0.304 e. The van der Waals surface area contributed by atoms with Gasteiger partial charge in [-0.2, -0.15) is 16.8 Å². The second-order valence-corrected chi connectivity index (χ2v) is 6.51. The molecule has 0 spiro atoms. The summed E-state index contributed by atoms with van der Waals surface area (Å²) in [4.78, 5) is 0. The van der Waals surface area contributed by atoms with Gasteiger partial charge >= 0.3 is 10.1 Å². The topological polar surface area (TPSA) is 86.7 Å². The molecule has 2 aliphatic heterocycles. The van der Waals surface area contributed by atoms with Crippen molar-refractivity contribution in [3.05, 3.63) is 24.1 Å². The van der Waals surface area contributed by atoms with Gasteiger partial charge in [-0.05, 0) is 12.2 Å². The quantitative estimate of drug-likeness (QED) is 0.475. The summed E-state index contributed by atoms with van der Waals surface area (Å²) in [5.74, 6) is -1.26. The van der Waals surface area contributed by atoms with E-state index in [1.807, 2.05) is 0 Å². The molecule has 0 N–H and O–H groups in total.